The summed E-state index contributed by atoms with van der Waals surface area (Å²) in [6.07, 6.45) is 79.9. The van der Waals surface area contributed by atoms with Gasteiger partial charge < -0.3 is 14.2 Å². The lowest BCUT2D eigenvalue weighted by Gasteiger charge is -2.18. The molecule has 412 valence electrons. The molecule has 0 fully saturated rings. The molecule has 0 bridgehead atoms. The van der Waals surface area contributed by atoms with Gasteiger partial charge in [0.1, 0.15) is 13.2 Å². The van der Waals surface area contributed by atoms with Crippen molar-refractivity contribution < 1.29 is 28.6 Å². The number of unbranched alkanes of at least 4 members (excludes halogenated alkanes) is 27. The first-order chi connectivity index (χ1) is 35.5. The summed E-state index contributed by atoms with van der Waals surface area (Å²) in [6.45, 7) is 6.40. The van der Waals surface area contributed by atoms with Crippen molar-refractivity contribution in [3.63, 3.8) is 0 Å². The van der Waals surface area contributed by atoms with Crippen molar-refractivity contribution >= 4 is 17.9 Å². The fourth-order valence-corrected chi connectivity index (χ4v) is 8.37. The van der Waals surface area contributed by atoms with Crippen molar-refractivity contribution in [3.05, 3.63) is 97.2 Å². The first kappa shape index (κ1) is 68.3. The Bertz CT molecular complexity index is 1430. The summed E-state index contributed by atoms with van der Waals surface area (Å²) in [4.78, 5) is 38.1. The van der Waals surface area contributed by atoms with Crippen LogP contribution in [0.25, 0.3) is 0 Å². The van der Waals surface area contributed by atoms with Crippen molar-refractivity contribution in [1.82, 2.24) is 0 Å². The summed E-state index contributed by atoms with van der Waals surface area (Å²) in [5, 5.41) is 0. The minimum absolute atomic E-state index is 0.0821. The molecule has 0 aromatic rings. The van der Waals surface area contributed by atoms with Crippen LogP contribution in [0.3, 0.4) is 0 Å². The SMILES string of the molecule is CC/C=C\C/C=C\C/C=C\C/C=C\C/C=C\CCCCCCCCCCCCCCCC(=O)OCC(COC(=O)CCCCCCCCCCCC)OC(=O)CCCCCCC/C=C\C/C=C\C/C=C\CC. The van der Waals surface area contributed by atoms with Crippen LogP contribution in [0, 0.1) is 0 Å². The molecule has 0 aliphatic heterocycles. The van der Waals surface area contributed by atoms with E-state index < -0.39 is 6.10 Å². The van der Waals surface area contributed by atoms with Crippen LogP contribution in [0.2, 0.25) is 0 Å². The lowest BCUT2D eigenvalue weighted by Crippen LogP contribution is -2.30. The molecule has 0 N–H and O–H groups in total. The summed E-state index contributed by atoms with van der Waals surface area (Å²) in [7, 11) is 0. The molecule has 0 radical (unpaired) electrons. The summed E-state index contributed by atoms with van der Waals surface area (Å²) in [5.74, 6) is -0.896. The lowest BCUT2D eigenvalue weighted by atomic mass is 10.0. The van der Waals surface area contributed by atoms with E-state index in [4.69, 9.17) is 14.2 Å². The average molecular weight is 1000 g/mol. The second-order valence-electron chi connectivity index (χ2n) is 19.9. The van der Waals surface area contributed by atoms with E-state index in [0.29, 0.717) is 19.3 Å². The number of esters is 3. The number of hydrogen-bond acceptors (Lipinski definition) is 6. The summed E-state index contributed by atoms with van der Waals surface area (Å²) in [5.41, 5.74) is 0. The molecule has 72 heavy (non-hydrogen) atoms. The van der Waals surface area contributed by atoms with Gasteiger partial charge in [0.2, 0.25) is 0 Å². The highest BCUT2D eigenvalue weighted by molar-refractivity contribution is 5.71. The summed E-state index contributed by atoms with van der Waals surface area (Å²) >= 11 is 0. The van der Waals surface area contributed by atoms with Gasteiger partial charge >= 0.3 is 17.9 Å². The smallest absolute Gasteiger partial charge is 0.306 e. The normalized spacial score (nSPS) is 12.8. The van der Waals surface area contributed by atoms with Crippen LogP contribution in [0.15, 0.2) is 97.2 Å². The zero-order chi connectivity index (χ0) is 52.2. The molecule has 6 heteroatoms. The van der Waals surface area contributed by atoms with Crippen molar-refractivity contribution in [3.8, 4) is 0 Å². The Morgan fingerprint density at radius 2 is 0.542 bits per heavy atom. The van der Waals surface area contributed by atoms with Gasteiger partial charge in [-0.15, -0.1) is 0 Å². The monoisotopic (exact) mass is 1000 g/mol. The molecular formula is C66H112O6. The molecule has 1 atom stereocenters. The molecule has 0 saturated heterocycles. The van der Waals surface area contributed by atoms with Gasteiger partial charge in [0.05, 0.1) is 0 Å². The number of allylic oxidation sites excluding steroid dienone is 16. The predicted molar refractivity (Wildman–Crippen MR) is 311 cm³/mol. The van der Waals surface area contributed by atoms with Gasteiger partial charge in [0, 0.05) is 19.3 Å². The second kappa shape index (κ2) is 59.9. The highest BCUT2D eigenvalue weighted by Crippen LogP contribution is 2.16. The van der Waals surface area contributed by atoms with E-state index in [1.54, 1.807) is 0 Å². The molecule has 0 amide bonds. The van der Waals surface area contributed by atoms with Gasteiger partial charge in [-0.05, 0) is 96.3 Å². The molecule has 0 aliphatic carbocycles. The molecule has 0 rings (SSSR count). The number of carbonyl (C=O) groups excluding carboxylic acids is 3. The number of hydrogen-bond donors (Lipinski definition) is 0. The van der Waals surface area contributed by atoms with Crippen LogP contribution >= 0.6 is 0 Å². The third-order valence-electron chi connectivity index (χ3n) is 12.8. The van der Waals surface area contributed by atoms with Gasteiger partial charge in [-0.2, -0.15) is 0 Å². The Morgan fingerprint density at radius 3 is 0.847 bits per heavy atom. The van der Waals surface area contributed by atoms with E-state index in [1.807, 2.05) is 0 Å². The van der Waals surface area contributed by atoms with Crippen LogP contribution in [-0.4, -0.2) is 37.2 Å². The molecule has 0 aliphatic rings. The standard InChI is InChI=1S/C66H112O6/c1-4-7-10-13-16-19-22-24-26-27-28-29-30-31-32-33-34-35-36-37-38-39-41-42-44-47-50-53-56-59-65(68)71-62-63(61-70-64(67)58-55-52-49-46-21-18-15-12-9-6-3)72-66(69)60-57-54-51-48-45-43-40-25-23-20-17-14-11-8-5-2/h7-8,10-11,16-17,19-20,24-26,28-29,31-32,40,63H,4-6,9,12-15,18,21-23,27,30,33-39,41-62H2,1-3H3/b10-7-,11-8-,19-16-,20-17-,26-24-,29-28-,32-31-,40-25-. The van der Waals surface area contributed by atoms with E-state index in [1.165, 1.54) is 116 Å². The van der Waals surface area contributed by atoms with Crippen molar-refractivity contribution in [2.24, 2.45) is 0 Å². The summed E-state index contributed by atoms with van der Waals surface area (Å²) in [6, 6.07) is 0. The highest BCUT2D eigenvalue weighted by atomic mass is 16.6. The Morgan fingerprint density at radius 1 is 0.292 bits per heavy atom. The van der Waals surface area contributed by atoms with Gasteiger partial charge in [-0.3, -0.25) is 14.4 Å². The minimum atomic E-state index is -0.784. The fraction of sp³-hybridized carbons (Fsp3) is 0.712. The van der Waals surface area contributed by atoms with E-state index in [2.05, 4.69) is 118 Å². The van der Waals surface area contributed by atoms with Gasteiger partial charge in [-0.25, -0.2) is 0 Å². The van der Waals surface area contributed by atoms with E-state index in [0.717, 1.165) is 128 Å². The quantitative estimate of drug-likeness (QED) is 0.0261. The zero-order valence-corrected chi connectivity index (χ0v) is 47.2. The Hall–Kier alpha value is -3.67. The largest absolute Gasteiger partial charge is 0.462 e. The number of ether oxygens (including phenoxy) is 3. The topological polar surface area (TPSA) is 78.9 Å². The van der Waals surface area contributed by atoms with Gasteiger partial charge in [-0.1, -0.05) is 266 Å². The van der Waals surface area contributed by atoms with E-state index in [-0.39, 0.29) is 31.1 Å². The van der Waals surface area contributed by atoms with Crippen molar-refractivity contribution in [2.45, 2.75) is 290 Å². The first-order valence-corrected chi connectivity index (χ1v) is 30.2. The average Bonchev–Trinajstić information content (AvgIpc) is 3.38. The molecular weight excluding hydrogens is 889 g/mol. The van der Waals surface area contributed by atoms with Gasteiger partial charge in [0.25, 0.3) is 0 Å². The summed E-state index contributed by atoms with van der Waals surface area (Å²) < 4.78 is 16.8. The Kier molecular flexibility index (Phi) is 56.8. The van der Waals surface area contributed by atoms with E-state index >= 15 is 0 Å². The number of rotatable bonds is 54. The maximum Gasteiger partial charge on any atom is 0.306 e. The lowest BCUT2D eigenvalue weighted by molar-refractivity contribution is -0.167. The molecule has 6 nitrogen and oxygen atoms in total. The molecule has 0 aromatic heterocycles. The van der Waals surface area contributed by atoms with Crippen molar-refractivity contribution in [2.75, 3.05) is 13.2 Å². The number of carbonyl (C=O) groups is 3. The van der Waals surface area contributed by atoms with E-state index in [9.17, 15) is 14.4 Å². The fourth-order valence-electron chi connectivity index (χ4n) is 8.37. The molecule has 0 spiro atoms. The molecule has 0 saturated carbocycles. The van der Waals surface area contributed by atoms with Crippen LogP contribution in [0.5, 0.6) is 0 Å². The van der Waals surface area contributed by atoms with Crippen molar-refractivity contribution in [1.29, 1.82) is 0 Å². The maximum atomic E-state index is 12.8. The van der Waals surface area contributed by atoms with Gasteiger partial charge in [0.15, 0.2) is 6.10 Å². The zero-order valence-electron chi connectivity index (χ0n) is 47.2. The Labute approximate surface area is 445 Å². The molecule has 0 heterocycles. The molecule has 1 unspecified atom stereocenters. The minimum Gasteiger partial charge on any atom is -0.462 e. The van der Waals surface area contributed by atoms with Crippen LogP contribution in [-0.2, 0) is 28.6 Å². The highest BCUT2D eigenvalue weighted by Gasteiger charge is 2.19. The van der Waals surface area contributed by atoms with Crippen LogP contribution in [0.4, 0.5) is 0 Å². The van der Waals surface area contributed by atoms with Crippen LogP contribution < -0.4 is 0 Å². The third kappa shape index (κ3) is 57.2. The van der Waals surface area contributed by atoms with Crippen LogP contribution in [0.1, 0.15) is 284 Å². The Balaban J connectivity index is 4.19. The first-order valence-electron chi connectivity index (χ1n) is 30.2. The molecule has 0 aromatic carbocycles. The predicted octanol–water partition coefficient (Wildman–Crippen LogP) is 20.5. The maximum absolute atomic E-state index is 12.8. The third-order valence-corrected chi connectivity index (χ3v) is 12.8. The second-order valence-corrected chi connectivity index (χ2v) is 19.9.